The summed E-state index contributed by atoms with van der Waals surface area (Å²) in [5.41, 5.74) is 1.70. The van der Waals surface area contributed by atoms with Crippen molar-refractivity contribution in [2.75, 3.05) is 5.32 Å². The predicted octanol–water partition coefficient (Wildman–Crippen LogP) is 2.80. The van der Waals surface area contributed by atoms with Crippen LogP contribution in [0.3, 0.4) is 0 Å². The van der Waals surface area contributed by atoms with Crippen LogP contribution in [0.2, 0.25) is 0 Å². The summed E-state index contributed by atoms with van der Waals surface area (Å²) in [6.07, 6.45) is 0. The Morgan fingerprint density at radius 1 is 0.967 bits per heavy atom. The molecule has 0 aliphatic carbocycles. The molecule has 0 bridgehead atoms. The minimum Gasteiger partial charge on any atom is -0.325 e. The van der Waals surface area contributed by atoms with Gasteiger partial charge in [0, 0.05) is 11.4 Å². The summed E-state index contributed by atoms with van der Waals surface area (Å²) in [6, 6.07) is 19.6. The van der Waals surface area contributed by atoms with Gasteiger partial charge in [0.15, 0.2) is 5.65 Å². The lowest BCUT2D eigenvalue weighted by atomic mass is 10.1. The number of amides is 1. The monoisotopic (exact) mass is 400 g/mol. The van der Waals surface area contributed by atoms with Crippen LogP contribution in [-0.4, -0.2) is 20.0 Å². The minimum atomic E-state index is -0.612. The number of nitrogens with one attached hydrogen (secondary N) is 1. The summed E-state index contributed by atoms with van der Waals surface area (Å²) < 4.78 is 2.34. The van der Waals surface area contributed by atoms with Crippen molar-refractivity contribution in [3.63, 3.8) is 0 Å². The highest BCUT2D eigenvalue weighted by molar-refractivity contribution is 5.90. The van der Waals surface area contributed by atoms with Crippen molar-refractivity contribution in [1.29, 1.82) is 0 Å². The van der Waals surface area contributed by atoms with E-state index in [9.17, 15) is 14.4 Å². The lowest BCUT2D eigenvalue weighted by molar-refractivity contribution is -0.116. The number of anilines is 1. The Balaban J connectivity index is 1.91. The van der Waals surface area contributed by atoms with Crippen molar-refractivity contribution >= 4 is 22.6 Å². The number of aromatic nitrogens is 3. The number of carbonyl (C=O) groups is 1. The van der Waals surface area contributed by atoms with Crippen LogP contribution < -0.4 is 16.6 Å². The predicted molar refractivity (Wildman–Crippen MR) is 116 cm³/mol. The van der Waals surface area contributed by atoms with Crippen molar-refractivity contribution in [3.05, 3.63) is 98.8 Å². The summed E-state index contributed by atoms with van der Waals surface area (Å²) in [5.74, 6) is -0.461. The van der Waals surface area contributed by atoms with E-state index in [1.165, 1.54) is 4.57 Å². The first-order valence-electron chi connectivity index (χ1n) is 9.50. The van der Waals surface area contributed by atoms with Gasteiger partial charge in [0.2, 0.25) is 5.91 Å². The van der Waals surface area contributed by atoms with Gasteiger partial charge in [-0.25, -0.2) is 18.9 Å². The van der Waals surface area contributed by atoms with E-state index < -0.39 is 23.7 Å². The van der Waals surface area contributed by atoms with E-state index in [4.69, 9.17) is 0 Å². The van der Waals surface area contributed by atoms with Crippen LogP contribution >= 0.6 is 0 Å². The van der Waals surface area contributed by atoms with Crippen molar-refractivity contribution in [2.24, 2.45) is 0 Å². The second-order valence-electron chi connectivity index (χ2n) is 7.04. The summed E-state index contributed by atoms with van der Waals surface area (Å²) in [4.78, 5) is 43.5. The molecule has 7 nitrogen and oxygen atoms in total. The van der Waals surface area contributed by atoms with Crippen LogP contribution in [0.15, 0.2) is 76.3 Å². The lowest BCUT2D eigenvalue weighted by Gasteiger charge is -2.15. The fourth-order valence-electron chi connectivity index (χ4n) is 3.49. The average molecular weight is 400 g/mol. The average Bonchev–Trinajstić information content (AvgIpc) is 2.72. The third-order valence-electron chi connectivity index (χ3n) is 4.79. The van der Waals surface area contributed by atoms with Crippen LogP contribution in [0, 0.1) is 13.8 Å². The fraction of sp³-hybridized carbons (Fsp3) is 0.130. The molecule has 4 aromatic rings. The number of fused-ring (bicyclic) bond motifs is 1. The SMILES string of the molecule is Cc1cc(C)c2c(=O)n(CC(=O)Nc3ccccc3)c(=O)n(-c3ccccc3)c2n1. The quantitative estimate of drug-likeness (QED) is 0.571. The van der Waals surface area contributed by atoms with E-state index in [1.54, 1.807) is 61.5 Å². The summed E-state index contributed by atoms with van der Waals surface area (Å²) in [7, 11) is 0. The highest BCUT2D eigenvalue weighted by atomic mass is 16.2. The molecule has 30 heavy (non-hydrogen) atoms. The molecule has 0 unspecified atom stereocenters. The maximum Gasteiger partial charge on any atom is 0.337 e. The van der Waals surface area contributed by atoms with Gasteiger partial charge in [-0.05, 0) is 49.7 Å². The van der Waals surface area contributed by atoms with Crippen LogP contribution in [0.4, 0.5) is 5.69 Å². The standard InChI is InChI=1S/C23H20N4O3/c1-15-13-16(2)24-21-20(15)22(29)26(14-19(28)25-17-9-5-3-6-10-17)23(30)27(21)18-11-7-4-8-12-18/h3-13H,14H2,1-2H3,(H,25,28). The van der Waals surface area contributed by atoms with Gasteiger partial charge in [-0.3, -0.25) is 9.59 Å². The largest absolute Gasteiger partial charge is 0.337 e. The molecule has 0 atom stereocenters. The zero-order valence-electron chi connectivity index (χ0n) is 16.6. The highest BCUT2D eigenvalue weighted by Crippen LogP contribution is 2.16. The van der Waals surface area contributed by atoms with Crippen LogP contribution in [-0.2, 0) is 11.3 Å². The topological polar surface area (TPSA) is 86.0 Å². The Hall–Kier alpha value is -4.00. The van der Waals surface area contributed by atoms with Crippen molar-refractivity contribution in [3.8, 4) is 5.69 Å². The number of benzene rings is 2. The molecule has 2 aromatic carbocycles. The second-order valence-corrected chi connectivity index (χ2v) is 7.04. The Morgan fingerprint density at radius 2 is 1.60 bits per heavy atom. The number of pyridine rings is 1. The first kappa shape index (κ1) is 19.3. The Bertz CT molecular complexity index is 1360. The van der Waals surface area contributed by atoms with Crippen LogP contribution in [0.25, 0.3) is 16.7 Å². The second kappa shape index (κ2) is 7.79. The van der Waals surface area contributed by atoms with Crippen LogP contribution in [0.1, 0.15) is 11.3 Å². The number of carbonyl (C=O) groups excluding carboxylic acids is 1. The van der Waals surface area contributed by atoms with E-state index in [0.29, 0.717) is 28.0 Å². The van der Waals surface area contributed by atoms with Gasteiger partial charge in [0.05, 0.1) is 11.1 Å². The first-order chi connectivity index (χ1) is 14.5. The number of para-hydroxylation sites is 2. The van der Waals surface area contributed by atoms with Gasteiger partial charge in [-0.15, -0.1) is 0 Å². The van der Waals surface area contributed by atoms with E-state index in [1.807, 2.05) is 19.1 Å². The van der Waals surface area contributed by atoms with Gasteiger partial charge in [-0.1, -0.05) is 36.4 Å². The zero-order valence-corrected chi connectivity index (χ0v) is 16.6. The van der Waals surface area contributed by atoms with E-state index in [-0.39, 0.29) is 5.65 Å². The maximum absolute atomic E-state index is 13.3. The van der Waals surface area contributed by atoms with Crippen molar-refractivity contribution in [2.45, 2.75) is 20.4 Å². The molecule has 0 spiro atoms. The summed E-state index contributed by atoms with van der Waals surface area (Å²) in [6.45, 7) is 3.21. The van der Waals surface area contributed by atoms with E-state index in [2.05, 4.69) is 10.3 Å². The third-order valence-corrected chi connectivity index (χ3v) is 4.79. The Kier molecular flexibility index (Phi) is 5.02. The normalized spacial score (nSPS) is 10.9. The maximum atomic E-state index is 13.3. The molecule has 2 heterocycles. The molecule has 0 aliphatic rings. The van der Waals surface area contributed by atoms with Crippen LogP contribution in [0.5, 0.6) is 0 Å². The summed E-state index contributed by atoms with van der Waals surface area (Å²) in [5, 5.41) is 3.03. The zero-order chi connectivity index (χ0) is 21.3. The van der Waals surface area contributed by atoms with Gasteiger partial charge < -0.3 is 5.32 Å². The van der Waals surface area contributed by atoms with Crippen molar-refractivity contribution in [1.82, 2.24) is 14.1 Å². The molecule has 0 saturated carbocycles. The third kappa shape index (κ3) is 3.53. The molecule has 7 heteroatoms. The molecule has 1 N–H and O–H groups in total. The van der Waals surface area contributed by atoms with E-state index in [0.717, 1.165) is 4.57 Å². The van der Waals surface area contributed by atoms with Crippen molar-refractivity contribution < 1.29 is 4.79 Å². The molecule has 0 aliphatic heterocycles. The van der Waals surface area contributed by atoms with Gasteiger partial charge >= 0.3 is 5.69 Å². The molecular formula is C23H20N4O3. The molecule has 0 fully saturated rings. The Morgan fingerprint density at radius 3 is 2.27 bits per heavy atom. The molecule has 1 amide bonds. The fourth-order valence-corrected chi connectivity index (χ4v) is 3.49. The van der Waals surface area contributed by atoms with Gasteiger partial charge in [0.1, 0.15) is 6.54 Å². The molecular weight excluding hydrogens is 380 g/mol. The van der Waals surface area contributed by atoms with Gasteiger partial charge in [0.25, 0.3) is 5.56 Å². The molecule has 2 aromatic heterocycles. The first-order valence-corrected chi connectivity index (χ1v) is 9.50. The molecule has 0 radical (unpaired) electrons. The Labute approximate surface area is 172 Å². The highest BCUT2D eigenvalue weighted by Gasteiger charge is 2.19. The van der Waals surface area contributed by atoms with Gasteiger partial charge in [-0.2, -0.15) is 0 Å². The minimum absolute atomic E-state index is 0.286. The molecule has 0 saturated heterocycles. The number of nitrogens with zero attached hydrogens (tertiary/aromatic N) is 3. The number of rotatable bonds is 4. The number of aryl methyl sites for hydroxylation is 2. The number of hydrogen-bond acceptors (Lipinski definition) is 4. The van der Waals surface area contributed by atoms with E-state index >= 15 is 0 Å². The molecule has 4 rings (SSSR count). The smallest absolute Gasteiger partial charge is 0.325 e. The number of hydrogen-bond donors (Lipinski definition) is 1. The lowest BCUT2D eigenvalue weighted by Crippen LogP contribution is -2.42. The summed E-state index contributed by atoms with van der Waals surface area (Å²) >= 11 is 0. The molecule has 150 valence electrons.